The van der Waals surface area contributed by atoms with Crippen molar-refractivity contribution in [3.8, 4) is 12.3 Å². The Morgan fingerprint density at radius 3 is 2.14 bits per heavy atom. The van der Waals surface area contributed by atoms with E-state index in [9.17, 15) is 32.4 Å². The molecular weight excluding hydrogens is 671 g/mol. The first-order chi connectivity index (χ1) is 23.7. The molecule has 0 aromatic heterocycles. The van der Waals surface area contributed by atoms with Crippen LogP contribution in [0.15, 0.2) is 23.9 Å². The number of sulfone groups is 1. The zero-order valence-electron chi connectivity index (χ0n) is 31.2. The number of nitrogens with one attached hydrogen (secondary N) is 4. The van der Waals surface area contributed by atoms with E-state index in [-0.39, 0.29) is 48.7 Å². The first-order valence-electron chi connectivity index (χ1n) is 18.3. The number of carbonyl (C=O) groups excluding carboxylic acids is 5. The summed E-state index contributed by atoms with van der Waals surface area (Å²) >= 11 is 0. The predicted octanol–water partition coefficient (Wildman–Crippen LogP) is 3.67. The number of hydrogen-bond acceptors (Lipinski definition) is 7. The molecule has 3 aliphatic carbocycles. The highest BCUT2D eigenvalue weighted by molar-refractivity contribution is 7.92. The average molecular weight is 728 g/mol. The minimum absolute atomic E-state index is 0.0111. The van der Waals surface area contributed by atoms with Crippen LogP contribution in [0.25, 0.3) is 0 Å². The topological polar surface area (TPSA) is 171 Å². The van der Waals surface area contributed by atoms with E-state index >= 15 is 0 Å². The summed E-state index contributed by atoms with van der Waals surface area (Å²) in [5.41, 5.74) is -0.889. The van der Waals surface area contributed by atoms with Gasteiger partial charge in [0.2, 0.25) is 11.7 Å². The second-order valence-corrected chi connectivity index (χ2v) is 19.6. The summed E-state index contributed by atoms with van der Waals surface area (Å²) in [6, 6.07) is -2.93. The van der Waals surface area contributed by atoms with Crippen LogP contribution >= 0.6 is 0 Å². The molecule has 3 fully saturated rings. The second-order valence-electron chi connectivity index (χ2n) is 16.9. The SMILES string of the molecule is C#CCCC(NC(=O)C1=C2C(CN1C(=O)[C@@H](NC(=O)NC1(CS(=O)(=O)C(C)(C)C)CCCCC1)C(C)(C)C)C21CCCC1)C(=O)C(=O)NCC=C. The van der Waals surface area contributed by atoms with Gasteiger partial charge < -0.3 is 26.2 Å². The highest BCUT2D eigenvalue weighted by atomic mass is 32.2. The van der Waals surface area contributed by atoms with Crippen molar-refractivity contribution < 1.29 is 32.4 Å². The Labute approximate surface area is 303 Å². The van der Waals surface area contributed by atoms with E-state index in [0.29, 0.717) is 12.8 Å². The molecule has 2 unspecified atom stereocenters. The molecule has 12 nitrogen and oxygen atoms in total. The number of ketones is 1. The molecule has 0 radical (unpaired) electrons. The van der Waals surface area contributed by atoms with Crippen molar-refractivity contribution in [1.29, 1.82) is 0 Å². The van der Waals surface area contributed by atoms with Crippen LogP contribution in [0.5, 0.6) is 0 Å². The third-order valence-electron chi connectivity index (χ3n) is 11.1. The minimum Gasteiger partial charge on any atom is -0.346 e. The van der Waals surface area contributed by atoms with E-state index in [2.05, 4.69) is 33.8 Å². The summed E-state index contributed by atoms with van der Waals surface area (Å²) in [5, 5.41) is 11.1. The van der Waals surface area contributed by atoms with Gasteiger partial charge in [0.1, 0.15) is 11.7 Å². The molecule has 1 heterocycles. The minimum atomic E-state index is -3.58. The summed E-state index contributed by atoms with van der Waals surface area (Å²) in [5.74, 6) is -0.601. The Morgan fingerprint density at radius 2 is 1.59 bits per heavy atom. The molecule has 3 atom stereocenters. The van der Waals surface area contributed by atoms with Crippen LogP contribution in [-0.2, 0) is 29.0 Å². The lowest BCUT2D eigenvalue weighted by molar-refractivity contribution is -0.140. The molecule has 4 rings (SSSR count). The van der Waals surface area contributed by atoms with Gasteiger partial charge in [-0.15, -0.1) is 18.9 Å². The molecule has 282 valence electrons. The van der Waals surface area contributed by atoms with E-state index < -0.39 is 67.2 Å². The monoisotopic (exact) mass is 727 g/mol. The number of urea groups is 1. The lowest BCUT2D eigenvalue weighted by Crippen LogP contribution is -2.62. The zero-order valence-corrected chi connectivity index (χ0v) is 32.0. The van der Waals surface area contributed by atoms with Crippen molar-refractivity contribution >= 4 is 39.4 Å². The van der Waals surface area contributed by atoms with Crippen molar-refractivity contribution in [1.82, 2.24) is 26.2 Å². The molecule has 13 heteroatoms. The maximum absolute atomic E-state index is 14.6. The molecule has 1 aliphatic heterocycles. The van der Waals surface area contributed by atoms with Crippen molar-refractivity contribution in [3.63, 3.8) is 0 Å². The summed E-state index contributed by atoms with van der Waals surface area (Å²) < 4.78 is 25.7. The van der Waals surface area contributed by atoms with E-state index in [1.165, 1.54) is 11.0 Å². The second kappa shape index (κ2) is 15.1. The van der Waals surface area contributed by atoms with Crippen molar-refractivity contribution in [3.05, 3.63) is 23.9 Å². The van der Waals surface area contributed by atoms with E-state index in [1.54, 1.807) is 20.8 Å². The molecule has 0 bridgehead atoms. The van der Waals surface area contributed by atoms with Gasteiger partial charge in [0.25, 0.3) is 11.8 Å². The largest absolute Gasteiger partial charge is 0.346 e. The highest BCUT2D eigenvalue weighted by Crippen LogP contribution is 2.71. The molecule has 4 N–H and O–H groups in total. The third-order valence-corrected chi connectivity index (χ3v) is 13.9. The van der Waals surface area contributed by atoms with Gasteiger partial charge in [-0.3, -0.25) is 19.2 Å². The number of fused-ring (bicyclic) bond motifs is 3. The first kappa shape index (κ1) is 40.1. The maximum atomic E-state index is 14.6. The van der Waals surface area contributed by atoms with Crippen LogP contribution in [0, 0.1) is 29.1 Å². The van der Waals surface area contributed by atoms with E-state index in [1.807, 2.05) is 20.8 Å². The average Bonchev–Trinajstić information content (AvgIpc) is 3.35. The molecule has 0 saturated heterocycles. The molecule has 4 aliphatic rings. The first-order valence-corrected chi connectivity index (χ1v) is 19.9. The van der Waals surface area contributed by atoms with Crippen LogP contribution in [0.2, 0.25) is 0 Å². The van der Waals surface area contributed by atoms with Crippen molar-refractivity contribution in [2.75, 3.05) is 18.8 Å². The van der Waals surface area contributed by atoms with Crippen LogP contribution in [0.3, 0.4) is 0 Å². The number of amides is 5. The smallest absolute Gasteiger partial charge is 0.315 e. The van der Waals surface area contributed by atoms with E-state index in [4.69, 9.17) is 6.42 Å². The van der Waals surface area contributed by atoms with Gasteiger partial charge in [0.05, 0.1) is 22.1 Å². The van der Waals surface area contributed by atoms with Crippen LogP contribution in [0.4, 0.5) is 4.79 Å². The van der Waals surface area contributed by atoms with Gasteiger partial charge in [0.15, 0.2) is 9.84 Å². The summed E-state index contributed by atoms with van der Waals surface area (Å²) in [6.07, 6.45) is 14.4. The van der Waals surface area contributed by atoms with Gasteiger partial charge in [0, 0.05) is 30.8 Å². The summed E-state index contributed by atoms with van der Waals surface area (Å²) in [4.78, 5) is 69.7. The molecule has 5 amide bonds. The quantitative estimate of drug-likeness (QED) is 0.127. The number of hydrogen-bond donors (Lipinski definition) is 4. The lowest BCUT2D eigenvalue weighted by atomic mass is 9.83. The van der Waals surface area contributed by atoms with Gasteiger partial charge in [-0.1, -0.05) is 59.0 Å². The summed E-state index contributed by atoms with van der Waals surface area (Å²) in [7, 11) is -3.58. The number of nitrogens with zero attached hydrogens (tertiary/aromatic N) is 1. The third kappa shape index (κ3) is 8.53. The van der Waals surface area contributed by atoms with Crippen LogP contribution < -0.4 is 21.3 Å². The van der Waals surface area contributed by atoms with Gasteiger partial charge in [-0.2, -0.15) is 0 Å². The maximum Gasteiger partial charge on any atom is 0.315 e. The number of terminal acetylenes is 1. The lowest BCUT2D eigenvalue weighted by Gasteiger charge is -2.41. The van der Waals surface area contributed by atoms with Crippen LogP contribution in [0.1, 0.15) is 112 Å². The van der Waals surface area contributed by atoms with E-state index in [0.717, 1.165) is 50.5 Å². The Balaban J connectivity index is 1.61. The molecule has 3 saturated carbocycles. The van der Waals surface area contributed by atoms with Crippen LogP contribution in [-0.4, -0.2) is 84.1 Å². The van der Waals surface area contributed by atoms with Gasteiger partial charge in [-0.25, -0.2) is 13.2 Å². The standard InChI is InChI=1S/C38H57N5O7S/c1-9-11-17-26(29(44)32(46)39-22-10-2)40-31(45)28-27-25(38(27)20-15-16-21-38)23-43(28)33(47)30(35(3,4)5)41-34(48)42-37(18-13-12-14-19-37)24-51(49,50)36(6,7)8/h1,10,25-26,30H,2,11-24H2,3-8H3,(H,39,46)(H,40,45)(H2,41,42,48)/t25?,26?,30-/m1/s1. The van der Waals surface area contributed by atoms with Gasteiger partial charge >= 0.3 is 6.03 Å². The molecular formula is C38H57N5O7S. The molecule has 0 aromatic carbocycles. The Kier molecular flexibility index (Phi) is 11.9. The Bertz CT molecular complexity index is 1600. The molecule has 0 aromatic rings. The fourth-order valence-corrected chi connectivity index (χ4v) is 9.63. The number of carbonyl (C=O) groups is 5. The molecule has 1 spiro atoms. The zero-order chi connectivity index (χ0) is 38.0. The predicted molar refractivity (Wildman–Crippen MR) is 196 cm³/mol. The van der Waals surface area contributed by atoms with Gasteiger partial charge in [-0.05, 0) is 63.9 Å². The molecule has 51 heavy (non-hydrogen) atoms. The van der Waals surface area contributed by atoms with Crippen molar-refractivity contribution in [2.45, 2.75) is 135 Å². The fourth-order valence-electron chi connectivity index (χ4n) is 8.11. The van der Waals surface area contributed by atoms with Crippen molar-refractivity contribution in [2.24, 2.45) is 16.7 Å². The Morgan fingerprint density at radius 1 is 0.980 bits per heavy atom. The normalized spacial score (nSPS) is 21.9. The number of rotatable bonds is 13. The fraction of sp³-hybridized carbons (Fsp3) is 0.711. The summed E-state index contributed by atoms with van der Waals surface area (Å²) in [6.45, 7) is 14.3. The highest BCUT2D eigenvalue weighted by Gasteiger charge is 2.67. The number of Topliss-reactive ketones (excluding diaryl/α,β-unsaturated/α-hetero) is 1. The Hall–Kier alpha value is -3.66.